The van der Waals surface area contributed by atoms with E-state index in [1.807, 2.05) is 36.4 Å². The van der Waals surface area contributed by atoms with E-state index in [1.165, 1.54) is 0 Å². The lowest BCUT2D eigenvalue weighted by Crippen LogP contribution is -2.05. The summed E-state index contributed by atoms with van der Waals surface area (Å²) in [6, 6.07) is 14.0. The van der Waals surface area contributed by atoms with E-state index in [9.17, 15) is 0 Å². The normalized spacial score (nSPS) is 12.6. The summed E-state index contributed by atoms with van der Waals surface area (Å²) in [5, 5.41) is 5.19. The standard InChI is InChI=1S/C16H12BrClINO/c1-9(20-14-4-3-12(19)8-13(14)18)16-7-10-6-11(17)2-5-15(10)21-16/h2-9,20H,1H3. The lowest BCUT2D eigenvalue weighted by atomic mass is 10.2. The number of hydrogen-bond acceptors (Lipinski definition) is 2. The SMILES string of the molecule is CC(Nc1ccc(I)cc1Cl)c1cc2cc(Br)ccc2o1. The van der Waals surface area contributed by atoms with Gasteiger partial charge < -0.3 is 9.73 Å². The molecule has 0 saturated carbocycles. The van der Waals surface area contributed by atoms with Crippen LogP contribution in [0.4, 0.5) is 5.69 Å². The van der Waals surface area contributed by atoms with Gasteiger partial charge in [0.05, 0.1) is 16.8 Å². The van der Waals surface area contributed by atoms with Crippen LogP contribution in [0.3, 0.4) is 0 Å². The molecule has 0 aliphatic rings. The number of rotatable bonds is 3. The van der Waals surface area contributed by atoms with Crippen LogP contribution in [-0.4, -0.2) is 0 Å². The van der Waals surface area contributed by atoms with E-state index >= 15 is 0 Å². The maximum atomic E-state index is 6.26. The predicted octanol–water partition coefficient (Wildman–Crippen LogP) is 6.63. The fourth-order valence-corrected chi connectivity index (χ4v) is 3.45. The molecule has 1 atom stereocenters. The lowest BCUT2D eigenvalue weighted by Gasteiger charge is -2.14. The zero-order chi connectivity index (χ0) is 15.0. The van der Waals surface area contributed by atoms with Gasteiger partial charge in [-0.15, -0.1) is 0 Å². The Hall–Kier alpha value is -0.720. The quantitative estimate of drug-likeness (QED) is 0.430. The maximum Gasteiger partial charge on any atom is 0.134 e. The van der Waals surface area contributed by atoms with Gasteiger partial charge >= 0.3 is 0 Å². The summed E-state index contributed by atoms with van der Waals surface area (Å²) in [6.07, 6.45) is 0. The van der Waals surface area contributed by atoms with Gasteiger partial charge in [-0.25, -0.2) is 0 Å². The van der Waals surface area contributed by atoms with E-state index in [1.54, 1.807) is 0 Å². The monoisotopic (exact) mass is 475 g/mol. The van der Waals surface area contributed by atoms with Crippen LogP contribution in [-0.2, 0) is 0 Å². The Kier molecular flexibility index (Phi) is 4.47. The second kappa shape index (κ2) is 6.18. The summed E-state index contributed by atoms with van der Waals surface area (Å²) in [5.74, 6) is 0.887. The zero-order valence-electron chi connectivity index (χ0n) is 11.2. The lowest BCUT2D eigenvalue weighted by molar-refractivity contribution is 0.526. The molecule has 0 aliphatic heterocycles. The van der Waals surface area contributed by atoms with Crippen LogP contribution in [0.15, 0.2) is 51.4 Å². The molecule has 0 spiro atoms. The van der Waals surface area contributed by atoms with Gasteiger partial charge in [-0.2, -0.15) is 0 Å². The summed E-state index contributed by atoms with van der Waals surface area (Å²) in [4.78, 5) is 0. The summed E-state index contributed by atoms with van der Waals surface area (Å²) < 4.78 is 8.05. The number of furan rings is 1. The van der Waals surface area contributed by atoms with Gasteiger partial charge in [-0.1, -0.05) is 27.5 Å². The molecule has 1 N–H and O–H groups in total. The number of nitrogens with one attached hydrogen (secondary N) is 1. The molecule has 2 nitrogen and oxygen atoms in total. The van der Waals surface area contributed by atoms with Crippen LogP contribution in [0.5, 0.6) is 0 Å². The van der Waals surface area contributed by atoms with E-state index in [0.717, 1.165) is 30.5 Å². The Morgan fingerprint density at radius 3 is 2.76 bits per heavy atom. The van der Waals surface area contributed by atoms with Gasteiger partial charge in [-0.05, 0) is 72.0 Å². The van der Waals surface area contributed by atoms with Gasteiger partial charge in [0.25, 0.3) is 0 Å². The van der Waals surface area contributed by atoms with Crippen molar-refractivity contribution in [1.29, 1.82) is 0 Å². The van der Waals surface area contributed by atoms with Crippen molar-refractivity contribution < 1.29 is 4.42 Å². The third-order valence-electron chi connectivity index (χ3n) is 3.23. The van der Waals surface area contributed by atoms with Crippen molar-refractivity contribution in [1.82, 2.24) is 0 Å². The summed E-state index contributed by atoms with van der Waals surface area (Å²) >= 11 is 12.0. The topological polar surface area (TPSA) is 25.2 Å². The van der Waals surface area contributed by atoms with Crippen molar-refractivity contribution in [3.8, 4) is 0 Å². The van der Waals surface area contributed by atoms with Gasteiger partial charge in [-0.3, -0.25) is 0 Å². The minimum Gasteiger partial charge on any atom is -0.459 e. The molecule has 108 valence electrons. The Bertz CT molecular complexity index is 802. The molecule has 0 aliphatic carbocycles. The van der Waals surface area contributed by atoms with Gasteiger partial charge in [0.2, 0.25) is 0 Å². The van der Waals surface area contributed by atoms with Crippen LogP contribution in [0, 0.1) is 3.57 Å². The molecule has 3 aromatic rings. The van der Waals surface area contributed by atoms with Crippen LogP contribution >= 0.6 is 50.1 Å². The number of hydrogen-bond donors (Lipinski definition) is 1. The Labute approximate surface area is 150 Å². The van der Waals surface area contributed by atoms with Crippen LogP contribution in [0.2, 0.25) is 5.02 Å². The van der Waals surface area contributed by atoms with E-state index in [2.05, 4.69) is 56.8 Å². The highest BCUT2D eigenvalue weighted by molar-refractivity contribution is 14.1. The van der Waals surface area contributed by atoms with Crippen molar-refractivity contribution in [2.45, 2.75) is 13.0 Å². The largest absolute Gasteiger partial charge is 0.459 e. The molecular weight excluding hydrogens is 464 g/mol. The first-order valence-corrected chi connectivity index (χ1v) is 8.68. The second-order valence-electron chi connectivity index (χ2n) is 4.82. The molecule has 0 radical (unpaired) electrons. The van der Waals surface area contributed by atoms with E-state index in [-0.39, 0.29) is 6.04 Å². The fourth-order valence-electron chi connectivity index (χ4n) is 2.16. The van der Waals surface area contributed by atoms with Crippen molar-refractivity contribution in [2.75, 3.05) is 5.32 Å². The Balaban J connectivity index is 1.87. The molecule has 1 unspecified atom stereocenters. The molecule has 0 saturated heterocycles. The number of benzene rings is 2. The highest BCUT2D eigenvalue weighted by Gasteiger charge is 2.13. The second-order valence-corrected chi connectivity index (χ2v) is 7.39. The average Bonchev–Trinajstić information content (AvgIpc) is 2.85. The molecule has 3 rings (SSSR count). The molecule has 0 fully saturated rings. The maximum absolute atomic E-state index is 6.26. The molecular formula is C16H12BrClINO. The zero-order valence-corrected chi connectivity index (χ0v) is 15.7. The highest BCUT2D eigenvalue weighted by Crippen LogP contribution is 2.31. The van der Waals surface area contributed by atoms with Gasteiger partial charge in [0.1, 0.15) is 11.3 Å². The third kappa shape index (κ3) is 3.38. The molecule has 21 heavy (non-hydrogen) atoms. The van der Waals surface area contributed by atoms with Crippen LogP contribution in [0.1, 0.15) is 18.7 Å². The number of anilines is 1. The van der Waals surface area contributed by atoms with Crippen LogP contribution in [0.25, 0.3) is 11.0 Å². The average molecular weight is 477 g/mol. The molecule has 0 bridgehead atoms. The highest BCUT2D eigenvalue weighted by atomic mass is 127. The first kappa shape index (κ1) is 15.2. The van der Waals surface area contributed by atoms with E-state index in [4.69, 9.17) is 16.0 Å². The molecule has 5 heteroatoms. The molecule has 0 amide bonds. The minimum atomic E-state index is 0.0359. The molecule has 1 aromatic heterocycles. The molecule has 1 heterocycles. The predicted molar refractivity (Wildman–Crippen MR) is 100 cm³/mol. The van der Waals surface area contributed by atoms with E-state index < -0.39 is 0 Å². The summed E-state index contributed by atoms with van der Waals surface area (Å²) in [6.45, 7) is 2.06. The molecule has 2 aromatic carbocycles. The summed E-state index contributed by atoms with van der Waals surface area (Å²) in [5.41, 5.74) is 1.79. The van der Waals surface area contributed by atoms with E-state index in [0.29, 0.717) is 5.02 Å². The minimum absolute atomic E-state index is 0.0359. The van der Waals surface area contributed by atoms with Crippen molar-refractivity contribution in [3.05, 3.63) is 61.3 Å². The fraction of sp³-hybridized carbons (Fsp3) is 0.125. The van der Waals surface area contributed by atoms with Crippen molar-refractivity contribution in [2.24, 2.45) is 0 Å². The van der Waals surface area contributed by atoms with Gasteiger partial charge in [0, 0.05) is 13.4 Å². The summed E-state index contributed by atoms with van der Waals surface area (Å²) in [7, 11) is 0. The third-order valence-corrected chi connectivity index (χ3v) is 4.70. The Morgan fingerprint density at radius 2 is 2.00 bits per heavy atom. The number of halogens is 3. The van der Waals surface area contributed by atoms with Crippen molar-refractivity contribution >= 4 is 66.8 Å². The van der Waals surface area contributed by atoms with Gasteiger partial charge in [0.15, 0.2) is 0 Å². The van der Waals surface area contributed by atoms with Crippen molar-refractivity contribution in [3.63, 3.8) is 0 Å². The Morgan fingerprint density at radius 1 is 1.19 bits per heavy atom. The first-order valence-electron chi connectivity index (χ1n) is 6.43. The van der Waals surface area contributed by atoms with Crippen LogP contribution < -0.4 is 5.32 Å². The first-order chi connectivity index (χ1) is 10.0. The smallest absolute Gasteiger partial charge is 0.134 e. The number of fused-ring (bicyclic) bond motifs is 1.